The van der Waals surface area contributed by atoms with Crippen LogP contribution in [0.1, 0.15) is 17.5 Å². The second kappa shape index (κ2) is 6.13. The average molecular weight is 334 g/mol. The first kappa shape index (κ1) is 15.5. The first-order valence-corrected chi connectivity index (χ1v) is 8.10. The van der Waals surface area contributed by atoms with Gasteiger partial charge in [-0.3, -0.25) is 5.01 Å². The largest absolute Gasteiger partial charge is 0.250 e. The third-order valence-corrected chi connectivity index (χ3v) is 4.59. The van der Waals surface area contributed by atoms with Crippen molar-refractivity contribution in [2.45, 2.75) is 12.0 Å². The highest BCUT2D eigenvalue weighted by atomic mass is 19.1. The fourth-order valence-corrected chi connectivity index (χ4v) is 3.39. The molecule has 0 radical (unpaired) electrons. The van der Waals surface area contributed by atoms with Crippen LogP contribution >= 0.6 is 0 Å². The summed E-state index contributed by atoms with van der Waals surface area (Å²) >= 11 is 0. The number of hydrogen-bond donors (Lipinski definition) is 0. The maximum atomic E-state index is 13.5. The lowest BCUT2D eigenvalue weighted by molar-refractivity contribution is 0.530. The van der Waals surface area contributed by atoms with E-state index < -0.39 is 5.54 Å². The van der Waals surface area contributed by atoms with Crippen LogP contribution in [-0.4, -0.2) is 6.21 Å². The monoisotopic (exact) mass is 334 g/mol. The Labute approximate surface area is 145 Å². The second-order valence-electron chi connectivity index (χ2n) is 6.02. The van der Waals surface area contributed by atoms with E-state index in [9.17, 15) is 8.78 Å². The fraction of sp³-hybridized carbons (Fsp3) is 0.0952. The zero-order chi connectivity index (χ0) is 17.3. The molecule has 0 atom stereocenters. The molecular weight excluding hydrogens is 318 g/mol. The second-order valence-corrected chi connectivity index (χ2v) is 6.02. The van der Waals surface area contributed by atoms with Crippen molar-refractivity contribution in [1.29, 1.82) is 0 Å². The zero-order valence-corrected chi connectivity index (χ0v) is 13.4. The van der Waals surface area contributed by atoms with Gasteiger partial charge in [-0.15, -0.1) is 0 Å². The third kappa shape index (κ3) is 2.60. The summed E-state index contributed by atoms with van der Waals surface area (Å²) in [5.74, 6) is -0.577. The molecule has 0 aromatic heterocycles. The number of hydrogen-bond acceptors (Lipinski definition) is 2. The Morgan fingerprint density at radius 3 is 1.76 bits per heavy atom. The van der Waals surface area contributed by atoms with Crippen LogP contribution in [0.3, 0.4) is 0 Å². The number of rotatable bonds is 3. The Hall–Kier alpha value is -3.01. The summed E-state index contributed by atoms with van der Waals surface area (Å²) in [6, 6.07) is 22.6. The van der Waals surface area contributed by atoms with Crippen molar-refractivity contribution in [2.24, 2.45) is 5.10 Å². The summed E-state index contributed by atoms with van der Waals surface area (Å²) in [5, 5.41) is 6.50. The quantitative estimate of drug-likeness (QED) is 0.650. The SMILES string of the molecule is Fc1ccc(C2(c3ccc(F)cc3)CC=NN2c2ccccc2)cc1. The van der Waals surface area contributed by atoms with Crippen molar-refractivity contribution in [3.63, 3.8) is 0 Å². The normalized spacial score (nSPS) is 15.5. The summed E-state index contributed by atoms with van der Waals surface area (Å²) < 4.78 is 27.0. The number of hydrazone groups is 1. The van der Waals surface area contributed by atoms with Gasteiger partial charge in [0, 0.05) is 12.6 Å². The standard InChI is InChI=1S/C21H16F2N2/c22-18-10-6-16(7-11-18)21(17-8-12-19(23)13-9-17)14-15-24-25(21)20-4-2-1-3-5-20/h1-13,15H,14H2. The maximum absolute atomic E-state index is 13.5. The van der Waals surface area contributed by atoms with Crippen LogP contribution < -0.4 is 5.01 Å². The molecule has 4 heteroatoms. The Bertz CT molecular complexity index is 842. The van der Waals surface area contributed by atoms with E-state index in [2.05, 4.69) is 5.10 Å². The van der Waals surface area contributed by atoms with Crippen LogP contribution in [0.15, 0.2) is 84.0 Å². The van der Waals surface area contributed by atoms with E-state index in [0.717, 1.165) is 16.8 Å². The molecule has 0 saturated heterocycles. The van der Waals surface area contributed by atoms with Gasteiger partial charge >= 0.3 is 0 Å². The van der Waals surface area contributed by atoms with Crippen LogP contribution in [0.5, 0.6) is 0 Å². The predicted molar refractivity (Wildman–Crippen MR) is 95.6 cm³/mol. The molecule has 1 aliphatic rings. The van der Waals surface area contributed by atoms with Crippen LogP contribution in [-0.2, 0) is 5.54 Å². The number of anilines is 1. The van der Waals surface area contributed by atoms with Gasteiger partial charge in [-0.25, -0.2) is 8.78 Å². The Morgan fingerprint density at radius 2 is 1.24 bits per heavy atom. The van der Waals surface area contributed by atoms with Gasteiger partial charge in [0.2, 0.25) is 0 Å². The number of benzene rings is 3. The number of nitrogens with zero attached hydrogens (tertiary/aromatic N) is 2. The lowest BCUT2D eigenvalue weighted by atomic mass is 9.80. The molecule has 25 heavy (non-hydrogen) atoms. The molecule has 0 unspecified atom stereocenters. The molecule has 1 aliphatic heterocycles. The smallest absolute Gasteiger partial charge is 0.123 e. The van der Waals surface area contributed by atoms with Gasteiger partial charge in [-0.05, 0) is 47.5 Å². The predicted octanol–water partition coefficient (Wildman–Crippen LogP) is 5.10. The summed E-state index contributed by atoms with van der Waals surface area (Å²) in [6.45, 7) is 0. The molecule has 0 N–H and O–H groups in total. The van der Waals surface area contributed by atoms with E-state index in [1.807, 2.05) is 41.6 Å². The highest BCUT2D eigenvalue weighted by molar-refractivity contribution is 5.73. The topological polar surface area (TPSA) is 15.6 Å². The highest BCUT2D eigenvalue weighted by Gasteiger charge is 2.43. The molecule has 1 heterocycles. The Kier molecular flexibility index (Phi) is 3.80. The van der Waals surface area contributed by atoms with Crippen LogP contribution in [0.25, 0.3) is 0 Å². The van der Waals surface area contributed by atoms with Crippen molar-refractivity contribution in [3.05, 3.63) is 102 Å². The van der Waals surface area contributed by atoms with Crippen molar-refractivity contribution >= 4 is 11.9 Å². The van der Waals surface area contributed by atoms with E-state index in [1.54, 1.807) is 24.3 Å². The van der Waals surface area contributed by atoms with Gasteiger partial charge in [0.1, 0.15) is 17.2 Å². The Balaban J connectivity index is 1.92. The molecule has 0 bridgehead atoms. The average Bonchev–Trinajstić information content (AvgIpc) is 3.09. The molecule has 4 rings (SSSR count). The molecule has 0 saturated carbocycles. The molecule has 0 aliphatic carbocycles. The van der Waals surface area contributed by atoms with Gasteiger partial charge in [-0.2, -0.15) is 5.10 Å². The third-order valence-electron chi connectivity index (χ3n) is 4.59. The van der Waals surface area contributed by atoms with Crippen molar-refractivity contribution in [2.75, 3.05) is 5.01 Å². The summed E-state index contributed by atoms with van der Waals surface area (Å²) in [7, 11) is 0. The summed E-state index contributed by atoms with van der Waals surface area (Å²) in [5.41, 5.74) is 2.09. The van der Waals surface area contributed by atoms with Gasteiger partial charge in [0.05, 0.1) is 5.69 Å². The zero-order valence-electron chi connectivity index (χ0n) is 13.4. The molecule has 124 valence electrons. The summed E-state index contributed by atoms with van der Waals surface area (Å²) in [4.78, 5) is 0. The van der Waals surface area contributed by atoms with Gasteiger partial charge < -0.3 is 0 Å². The molecule has 3 aromatic rings. The molecule has 0 amide bonds. The lowest BCUT2D eigenvalue weighted by Gasteiger charge is -2.39. The van der Waals surface area contributed by atoms with E-state index in [1.165, 1.54) is 24.3 Å². The van der Waals surface area contributed by atoms with E-state index >= 15 is 0 Å². The first-order valence-electron chi connectivity index (χ1n) is 8.10. The maximum Gasteiger partial charge on any atom is 0.123 e. The first-order chi connectivity index (χ1) is 12.2. The Morgan fingerprint density at radius 1 is 0.720 bits per heavy atom. The molecule has 3 aromatic carbocycles. The molecule has 0 fully saturated rings. The van der Waals surface area contributed by atoms with Crippen molar-refractivity contribution in [1.82, 2.24) is 0 Å². The minimum atomic E-state index is -0.636. The molecule has 2 nitrogen and oxygen atoms in total. The van der Waals surface area contributed by atoms with Crippen molar-refractivity contribution in [3.8, 4) is 0 Å². The fourth-order valence-electron chi connectivity index (χ4n) is 3.39. The summed E-state index contributed by atoms with van der Waals surface area (Å²) in [6.07, 6.45) is 2.46. The van der Waals surface area contributed by atoms with E-state index in [-0.39, 0.29) is 11.6 Å². The van der Waals surface area contributed by atoms with Crippen LogP contribution in [0.4, 0.5) is 14.5 Å². The minimum Gasteiger partial charge on any atom is -0.250 e. The van der Waals surface area contributed by atoms with E-state index in [0.29, 0.717) is 6.42 Å². The lowest BCUT2D eigenvalue weighted by Crippen LogP contribution is -2.41. The number of halogens is 2. The van der Waals surface area contributed by atoms with Crippen LogP contribution in [0.2, 0.25) is 0 Å². The van der Waals surface area contributed by atoms with E-state index in [4.69, 9.17) is 0 Å². The molecule has 0 spiro atoms. The number of para-hydroxylation sites is 1. The highest BCUT2D eigenvalue weighted by Crippen LogP contribution is 2.44. The minimum absolute atomic E-state index is 0.289. The van der Waals surface area contributed by atoms with Crippen LogP contribution in [0, 0.1) is 11.6 Å². The van der Waals surface area contributed by atoms with Gasteiger partial charge in [-0.1, -0.05) is 42.5 Å². The molecular formula is C21H16F2N2. The van der Waals surface area contributed by atoms with Crippen molar-refractivity contribution < 1.29 is 8.78 Å². The van der Waals surface area contributed by atoms with Gasteiger partial charge in [0.25, 0.3) is 0 Å². The van der Waals surface area contributed by atoms with Gasteiger partial charge in [0.15, 0.2) is 0 Å².